The molecular weight excluding hydrogens is 368 g/mol. The lowest BCUT2D eigenvalue weighted by molar-refractivity contribution is 0.0944. The predicted molar refractivity (Wildman–Crippen MR) is 115 cm³/mol. The second-order valence-electron chi connectivity index (χ2n) is 7.29. The smallest absolute Gasteiger partial charge is 0.255 e. The number of anilines is 3. The van der Waals surface area contributed by atoms with Crippen LogP contribution in [0.25, 0.3) is 0 Å². The van der Waals surface area contributed by atoms with Crippen molar-refractivity contribution >= 4 is 23.4 Å². The van der Waals surface area contributed by atoms with Crippen LogP contribution in [0.2, 0.25) is 0 Å². The number of carbonyl (C=O) groups is 1. The number of aryl methyl sites for hydroxylation is 1. The summed E-state index contributed by atoms with van der Waals surface area (Å²) in [4.78, 5) is 24.0. The molecule has 0 aliphatic carbocycles. The first-order valence-electron chi connectivity index (χ1n) is 10.0. The molecule has 1 aromatic carbocycles. The quantitative estimate of drug-likeness (QED) is 0.630. The van der Waals surface area contributed by atoms with Crippen LogP contribution in [0.1, 0.15) is 35.8 Å². The fourth-order valence-corrected chi connectivity index (χ4v) is 3.58. The van der Waals surface area contributed by atoms with Crippen LogP contribution in [0.4, 0.5) is 17.5 Å². The largest absolute Gasteiger partial charge is 0.496 e. The Morgan fingerprint density at radius 2 is 2.14 bits per heavy atom. The van der Waals surface area contributed by atoms with E-state index in [1.807, 2.05) is 26.1 Å². The van der Waals surface area contributed by atoms with Crippen LogP contribution in [0, 0.1) is 6.92 Å². The van der Waals surface area contributed by atoms with Gasteiger partial charge in [-0.05, 0) is 51.4 Å². The van der Waals surface area contributed by atoms with Gasteiger partial charge in [-0.15, -0.1) is 0 Å². The highest BCUT2D eigenvalue weighted by Crippen LogP contribution is 2.24. The maximum atomic E-state index is 12.8. The summed E-state index contributed by atoms with van der Waals surface area (Å²) < 4.78 is 5.38. The molecule has 0 unspecified atom stereocenters. The molecule has 0 bridgehead atoms. The van der Waals surface area contributed by atoms with E-state index in [-0.39, 0.29) is 5.91 Å². The molecule has 0 saturated carbocycles. The van der Waals surface area contributed by atoms with Crippen LogP contribution in [0.3, 0.4) is 0 Å². The highest BCUT2D eigenvalue weighted by molar-refractivity contribution is 5.98. The van der Waals surface area contributed by atoms with Gasteiger partial charge in [-0.25, -0.2) is 4.98 Å². The first-order valence-corrected chi connectivity index (χ1v) is 10.0. The Morgan fingerprint density at radius 1 is 1.31 bits per heavy atom. The molecule has 1 aromatic heterocycles. The van der Waals surface area contributed by atoms with Crippen molar-refractivity contribution in [3.63, 3.8) is 0 Å². The number of likely N-dealkylation sites (tertiary alicyclic amines) is 1. The van der Waals surface area contributed by atoms with E-state index in [1.54, 1.807) is 19.2 Å². The molecule has 2 heterocycles. The van der Waals surface area contributed by atoms with Crippen molar-refractivity contribution in [2.45, 2.75) is 32.7 Å². The van der Waals surface area contributed by atoms with Gasteiger partial charge in [0.05, 0.1) is 12.7 Å². The molecule has 0 radical (unpaired) electrons. The molecule has 1 saturated heterocycles. The molecule has 1 atom stereocenters. The summed E-state index contributed by atoms with van der Waals surface area (Å²) in [5, 5.41) is 9.19. The van der Waals surface area contributed by atoms with Crippen molar-refractivity contribution in [2.24, 2.45) is 0 Å². The summed E-state index contributed by atoms with van der Waals surface area (Å²) in [6.45, 7) is 6.71. The van der Waals surface area contributed by atoms with Crippen LogP contribution in [-0.4, -0.2) is 60.6 Å². The summed E-state index contributed by atoms with van der Waals surface area (Å²) in [5.74, 6) is 1.57. The summed E-state index contributed by atoms with van der Waals surface area (Å²) >= 11 is 0. The Labute approximate surface area is 172 Å². The number of aromatic nitrogens is 2. The van der Waals surface area contributed by atoms with Crippen molar-refractivity contribution in [1.82, 2.24) is 20.2 Å². The van der Waals surface area contributed by atoms with Crippen LogP contribution < -0.4 is 20.7 Å². The standard InChI is InChI=1S/C21H30N6O2/c1-14-12-19(22-3)26-21(24-14)25-16-7-8-18(29-4)17(13-16)20(28)23-9-11-27-10-5-6-15(27)2/h7-8,12-13,15H,5-6,9-11H2,1-4H3,(H,23,28)(H2,22,24,25,26)/t15-/m0/s1. The molecule has 1 amide bonds. The highest BCUT2D eigenvalue weighted by Gasteiger charge is 2.20. The third kappa shape index (κ3) is 5.35. The van der Waals surface area contributed by atoms with E-state index in [1.165, 1.54) is 12.8 Å². The number of benzene rings is 1. The van der Waals surface area contributed by atoms with Crippen molar-refractivity contribution in [3.8, 4) is 5.75 Å². The van der Waals surface area contributed by atoms with Gasteiger partial charge in [-0.3, -0.25) is 9.69 Å². The Hall–Kier alpha value is -2.87. The molecule has 1 fully saturated rings. The first-order chi connectivity index (χ1) is 14.0. The Morgan fingerprint density at radius 3 is 2.83 bits per heavy atom. The summed E-state index contributed by atoms with van der Waals surface area (Å²) in [7, 11) is 3.37. The van der Waals surface area contributed by atoms with Gasteiger partial charge in [-0.1, -0.05) is 0 Å². The predicted octanol–water partition coefficient (Wildman–Crippen LogP) is 2.79. The van der Waals surface area contributed by atoms with E-state index in [2.05, 4.69) is 37.7 Å². The fourth-order valence-electron chi connectivity index (χ4n) is 3.58. The van der Waals surface area contributed by atoms with E-state index in [4.69, 9.17) is 4.74 Å². The fraction of sp³-hybridized carbons (Fsp3) is 0.476. The molecule has 3 rings (SSSR count). The van der Waals surface area contributed by atoms with Crippen molar-refractivity contribution in [2.75, 3.05) is 44.4 Å². The topological polar surface area (TPSA) is 91.4 Å². The molecule has 3 N–H and O–H groups in total. The van der Waals surface area contributed by atoms with Gasteiger partial charge in [-0.2, -0.15) is 4.98 Å². The van der Waals surface area contributed by atoms with Gasteiger partial charge in [0.1, 0.15) is 11.6 Å². The van der Waals surface area contributed by atoms with Crippen molar-refractivity contribution in [1.29, 1.82) is 0 Å². The number of hydrogen-bond donors (Lipinski definition) is 3. The Bertz CT molecular complexity index is 857. The Balaban J connectivity index is 1.69. The number of hydrogen-bond acceptors (Lipinski definition) is 7. The van der Waals surface area contributed by atoms with E-state index in [0.29, 0.717) is 29.8 Å². The van der Waals surface area contributed by atoms with Crippen LogP contribution in [0.15, 0.2) is 24.3 Å². The van der Waals surface area contributed by atoms with Gasteiger partial charge < -0.3 is 20.7 Å². The molecule has 29 heavy (non-hydrogen) atoms. The molecular formula is C21H30N6O2. The lowest BCUT2D eigenvalue weighted by Gasteiger charge is -2.21. The molecule has 156 valence electrons. The monoisotopic (exact) mass is 398 g/mol. The van der Waals surface area contributed by atoms with Gasteiger partial charge in [0.15, 0.2) is 0 Å². The molecule has 0 spiro atoms. The minimum atomic E-state index is -0.154. The maximum absolute atomic E-state index is 12.8. The molecule has 8 heteroatoms. The second kappa shape index (κ2) is 9.56. The molecule has 1 aliphatic heterocycles. The summed E-state index contributed by atoms with van der Waals surface area (Å²) in [6, 6.07) is 7.82. The van der Waals surface area contributed by atoms with E-state index in [9.17, 15) is 4.79 Å². The third-order valence-electron chi connectivity index (χ3n) is 5.19. The minimum Gasteiger partial charge on any atom is -0.496 e. The average Bonchev–Trinajstić information content (AvgIpc) is 3.12. The number of amides is 1. The highest BCUT2D eigenvalue weighted by atomic mass is 16.5. The normalized spacial score (nSPS) is 16.5. The Kier molecular flexibility index (Phi) is 6.87. The molecule has 1 aliphatic rings. The molecule has 2 aromatic rings. The minimum absolute atomic E-state index is 0.154. The van der Waals surface area contributed by atoms with Crippen LogP contribution >= 0.6 is 0 Å². The average molecular weight is 399 g/mol. The zero-order valence-corrected chi connectivity index (χ0v) is 17.6. The van der Waals surface area contributed by atoms with Crippen molar-refractivity contribution in [3.05, 3.63) is 35.5 Å². The number of carbonyl (C=O) groups excluding carboxylic acids is 1. The number of ether oxygens (including phenoxy) is 1. The second-order valence-corrected chi connectivity index (χ2v) is 7.29. The number of nitrogens with one attached hydrogen (secondary N) is 3. The van der Waals surface area contributed by atoms with Gasteiger partial charge in [0, 0.05) is 43.6 Å². The van der Waals surface area contributed by atoms with Gasteiger partial charge in [0.25, 0.3) is 5.91 Å². The van der Waals surface area contributed by atoms with Gasteiger partial charge >= 0.3 is 0 Å². The van der Waals surface area contributed by atoms with E-state index in [0.717, 1.165) is 30.3 Å². The van der Waals surface area contributed by atoms with E-state index >= 15 is 0 Å². The van der Waals surface area contributed by atoms with Crippen molar-refractivity contribution < 1.29 is 9.53 Å². The lowest BCUT2D eigenvalue weighted by atomic mass is 10.1. The molecule has 8 nitrogen and oxygen atoms in total. The summed E-state index contributed by atoms with van der Waals surface area (Å²) in [5.41, 5.74) is 2.04. The number of nitrogens with zero attached hydrogens (tertiary/aromatic N) is 3. The zero-order chi connectivity index (χ0) is 20.8. The SMILES string of the molecule is CNc1cc(C)nc(Nc2ccc(OC)c(C(=O)NCCN3CCC[C@@H]3C)c2)n1. The number of rotatable bonds is 8. The maximum Gasteiger partial charge on any atom is 0.255 e. The lowest BCUT2D eigenvalue weighted by Crippen LogP contribution is -2.36. The van der Waals surface area contributed by atoms with Crippen LogP contribution in [-0.2, 0) is 0 Å². The zero-order valence-electron chi connectivity index (χ0n) is 17.6. The van der Waals surface area contributed by atoms with Crippen LogP contribution in [0.5, 0.6) is 5.75 Å². The summed E-state index contributed by atoms with van der Waals surface area (Å²) in [6.07, 6.45) is 2.46. The third-order valence-corrected chi connectivity index (χ3v) is 5.19. The number of methoxy groups -OCH3 is 1. The van der Waals surface area contributed by atoms with E-state index < -0.39 is 0 Å². The van der Waals surface area contributed by atoms with Gasteiger partial charge in [0.2, 0.25) is 5.95 Å². The first kappa shape index (κ1) is 20.9.